The van der Waals surface area contributed by atoms with E-state index in [0.29, 0.717) is 0 Å². The molecular weight excluding hydrogens is 320 g/mol. The molecule has 0 radical (unpaired) electrons. The topological polar surface area (TPSA) is 43.6 Å². The number of aromatic nitrogens is 4. The average Bonchev–Trinajstić information content (AvgIpc) is 2.95. The molecule has 4 nitrogen and oxygen atoms in total. The molecule has 0 aliphatic rings. The van der Waals surface area contributed by atoms with Gasteiger partial charge in [0, 0.05) is 40.6 Å². The second-order valence-corrected chi connectivity index (χ2v) is 6.73. The molecule has 3 aromatic heterocycles. The molecule has 2 aromatic carbocycles. The Morgan fingerprint density at radius 3 is 2.46 bits per heavy atom. The number of para-hydroxylation sites is 1. The summed E-state index contributed by atoms with van der Waals surface area (Å²) in [5.41, 5.74) is 8.01. The van der Waals surface area contributed by atoms with Gasteiger partial charge in [0.05, 0.1) is 22.6 Å². The van der Waals surface area contributed by atoms with Gasteiger partial charge in [0.25, 0.3) is 0 Å². The summed E-state index contributed by atoms with van der Waals surface area (Å²) in [4.78, 5) is 14.1. The van der Waals surface area contributed by atoms with Crippen LogP contribution in [-0.4, -0.2) is 19.5 Å². The third-order valence-corrected chi connectivity index (χ3v) is 5.18. The second kappa shape index (κ2) is 5.36. The molecule has 0 saturated carbocycles. The van der Waals surface area contributed by atoms with Crippen molar-refractivity contribution < 1.29 is 0 Å². The number of aryl methyl sites for hydroxylation is 3. The lowest BCUT2D eigenvalue weighted by molar-refractivity contribution is 1.01. The summed E-state index contributed by atoms with van der Waals surface area (Å²) in [5, 5.41) is 2.53. The van der Waals surface area contributed by atoms with Gasteiger partial charge in [-0.05, 0) is 32.0 Å². The van der Waals surface area contributed by atoms with Crippen molar-refractivity contribution in [3.05, 3.63) is 66.1 Å². The van der Waals surface area contributed by atoms with Crippen LogP contribution in [0.15, 0.2) is 54.7 Å². The summed E-state index contributed by atoms with van der Waals surface area (Å²) in [6.07, 6.45) is 1.81. The molecule has 0 unspecified atom stereocenters. The summed E-state index contributed by atoms with van der Waals surface area (Å²) < 4.78 is 2.24. The molecule has 0 aliphatic heterocycles. The summed E-state index contributed by atoms with van der Waals surface area (Å²) >= 11 is 0. The van der Waals surface area contributed by atoms with Crippen molar-refractivity contribution in [3.63, 3.8) is 0 Å². The minimum Gasteiger partial charge on any atom is -0.344 e. The summed E-state index contributed by atoms with van der Waals surface area (Å²) in [6.45, 7) is 3.98. The number of pyridine rings is 1. The molecule has 0 N–H and O–H groups in total. The zero-order valence-corrected chi connectivity index (χ0v) is 15.0. The molecular formula is C22H18N4. The lowest BCUT2D eigenvalue weighted by atomic mass is 10.1. The van der Waals surface area contributed by atoms with Crippen LogP contribution < -0.4 is 0 Å². The Kier molecular flexibility index (Phi) is 3.10. The molecule has 0 saturated heterocycles. The Morgan fingerprint density at radius 1 is 0.808 bits per heavy atom. The monoisotopic (exact) mass is 338 g/mol. The van der Waals surface area contributed by atoms with Gasteiger partial charge in [0.15, 0.2) is 0 Å². The maximum atomic E-state index is 4.76. The minimum atomic E-state index is 0.855. The first-order valence-corrected chi connectivity index (χ1v) is 8.71. The molecule has 126 valence electrons. The van der Waals surface area contributed by atoms with Gasteiger partial charge < -0.3 is 4.57 Å². The molecule has 5 rings (SSSR count). The Balaban J connectivity index is 1.82. The number of hydrogen-bond donors (Lipinski definition) is 0. The van der Waals surface area contributed by atoms with Crippen LogP contribution >= 0.6 is 0 Å². The first kappa shape index (κ1) is 15.0. The van der Waals surface area contributed by atoms with Crippen LogP contribution in [0.1, 0.15) is 11.4 Å². The molecule has 0 bridgehead atoms. The molecule has 5 aromatic rings. The predicted octanol–water partition coefficient (Wildman–Crippen LogP) is 4.95. The zero-order chi connectivity index (χ0) is 17.8. The van der Waals surface area contributed by atoms with E-state index >= 15 is 0 Å². The molecule has 0 spiro atoms. The van der Waals surface area contributed by atoms with E-state index in [-0.39, 0.29) is 0 Å². The summed E-state index contributed by atoms with van der Waals surface area (Å²) in [6, 6.07) is 16.9. The third-order valence-electron chi connectivity index (χ3n) is 5.18. The molecule has 4 heteroatoms. The fourth-order valence-corrected chi connectivity index (χ4v) is 3.67. The fourth-order valence-electron chi connectivity index (χ4n) is 3.67. The Bertz CT molecular complexity index is 1310. The molecule has 26 heavy (non-hydrogen) atoms. The quantitative estimate of drug-likeness (QED) is 0.434. The van der Waals surface area contributed by atoms with Crippen LogP contribution in [0, 0.1) is 13.8 Å². The van der Waals surface area contributed by atoms with Crippen molar-refractivity contribution >= 4 is 32.8 Å². The van der Waals surface area contributed by atoms with E-state index in [1.807, 2.05) is 26.1 Å². The van der Waals surface area contributed by atoms with Gasteiger partial charge in [-0.2, -0.15) is 0 Å². The number of benzene rings is 2. The van der Waals surface area contributed by atoms with Gasteiger partial charge in [0.2, 0.25) is 0 Å². The van der Waals surface area contributed by atoms with Crippen LogP contribution in [0.3, 0.4) is 0 Å². The van der Waals surface area contributed by atoms with Crippen LogP contribution in [0.2, 0.25) is 0 Å². The number of fused-ring (bicyclic) bond motifs is 4. The van der Waals surface area contributed by atoms with E-state index in [9.17, 15) is 0 Å². The molecule has 0 atom stereocenters. The number of rotatable bonds is 1. The first-order chi connectivity index (χ1) is 12.6. The van der Waals surface area contributed by atoms with Gasteiger partial charge in [0.1, 0.15) is 5.52 Å². The number of hydrogen-bond acceptors (Lipinski definition) is 3. The van der Waals surface area contributed by atoms with Gasteiger partial charge >= 0.3 is 0 Å². The van der Waals surface area contributed by atoms with Gasteiger partial charge in [-0.25, -0.2) is 9.97 Å². The SMILES string of the molecule is Cc1nc2ccnc(-c3ccc4c5ccccc5n(C)c4c3)c2nc1C. The van der Waals surface area contributed by atoms with Crippen LogP contribution in [0.25, 0.3) is 44.1 Å². The van der Waals surface area contributed by atoms with E-state index in [1.54, 1.807) is 0 Å². The molecule has 0 aliphatic carbocycles. The van der Waals surface area contributed by atoms with Gasteiger partial charge in [-0.15, -0.1) is 0 Å². The predicted molar refractivity (Wildman–Crippen MR) is 106 cm³/mol. The highest BCUT2D eigenvalue weighted by Crippen LogP contribution is 2.32. The van der Waals surface area contributed by atoms with Crippen LogP contribution in [0.5, 0.6) is 0 Å². The second-order valence-electron chi connectivity index (χ2n) is 6.73. The lowest BCUT2D eigenvalue weighted by Crippen LogP contribution is -1.97. The smallest absolute Gasteiger partial charge is 0.115 e. The van der Waals surface area contributed by atoms with Crippen molar-refractivity contribution in [2.75, 3.05) is 0 Å². The Hall–Kier alpha value is -3.27. The fraction of sp³-hybridized carbons (Fsp3) is 0.136. The summed E-state index contributed by atoms with van der Waals surface area (Å²) in [5.74, 6) is 0. The molecule has 0 fully saturated rings. The van der Waals surface area contributed by atoms with Crippen molar-refractivity contribution in [1.82, 2.24) is 19.5 Å². The lowest BCUT2D eigenvalue weighted by Gasteiger charge is -2.08. The molecule has 3 heterocycles. The van der Waals surface area contributed by atoms with Crippen molar-refractivity contribution in [2.45, 2.75) is 13.8 Å². The van der Waals surface area contributed by atoms with E-state index in [1.165, 1.54) is 21.8 Å². The third kappa shape index (κ3) is 2.05. The van der Waals surface area contributed by atoms with Crippen LogP contribution in [-0.2, 0) is 7.05 Å². The maximum Gasteiger partial charge on any atom is 0.115 e. The van der Waals surface area contributed by atoms with Gasteiger partial charge in [-0.1, -0.05) is 30.3 Å². The van der Waals surface area contributed by atoms with Crippen molar-refractivity contribution in [3.8, 4) is 11.3 Å². The van der Waals surface area contributed by atoms with Gasteiger partial charge in [-0.3, -0.25) is 4.98 Å². The van der Waals surface area contributed by atoms with Crippen LogP contribution in [0.4, 0.5) is 0 Å². The largest absolute Gasteiger partial charge is 0.344 e. The highest BCUT2D eigenvalue weighted by Gasteiger charge is 2.13. The van der Waals surface area contributed by atoms with Crippen molar-refractivity contribution in [2.24, 2.45) is 7.05 Å². The van der Waals surface area contributed by atoms with E-state index in [0.717, 1.165) is 33.7 Å². The highest BCUT2D eigenvalue weighted by atomic mass is 14.9. The number of nitrogens with zero attached hydrogens (tertiary/aromatic N) is 4. The first-order valence-electron chi connectivity index (χ1n) is 8.71. The summed E-state index contributed by atoms with van der Waals surface area (Å²) in [7, 11) is 2.11. The van der Waals surface area contributed by atoms with Crippen molar-refractivity contribution in [1.29, 1.82) is 0 Å². The Labute approximate surface area is 151 Å². The van der Waals surface area contributed by atoms with E-state index < -0.39 is 0 Å². The zero-order valence-electron chi connectivity index (χ0n) is 15.0. The maximum absolute atomic E-state index is 4.76. The van der Waals surface area contributed by atoms with E-state index in [2.05, 4.69) is 64.0 Å². The standard InChI is InChI=1S/C22H18N4/c1-13-14(2)25-22-18(24-13)10-11-23-21(22)15-8-9-17-16-6-4-5-7-19(16)26(3)20(17)12-15/h4-12H,1-3H3. The van der Waals surface area contributed by atoms with E-state index in [4.69, 9.17) is 4.98 Å². The normalized spacial score (nSPS) is 11.7. The molecule has 0 amide bonds. The highest BCUT2D eigenvalue weighted by molar-refractivity contribution is 6.09. The Morgan fingerprint density at radius 2 is 1.58 bits per heavy atom. The average molecular weight is 338 g/mol. The minimum absolute atomic E-state index is 0.855.